The second kappa shape index (κ2) is 17.1. The Labute approximate surface area is 277 Å². The fraction of sp³-hybridized carbons (Fsp3) is 0.250. The Hall–Kier alpha value is -4.99. The van der Waals surface area contributed by atoms with Crippen LogP contribution in [0.2, 0.25) is 0 Å². The summed E-state index contributed by atoms with van der Waals surface area (Å²) < 4.78 is 29.1. The lowest BCUT2D eigenvalue weighted by molar-refractivity contribution is -0.130. The summed E-state index contributed by atoms with van der Waals surface area (Å²) in [6.07, 6.45) is 5.22. The highest BCUT2D eigenvalue weighted by Crippen LogP contribution is 2.14. The van der Waals surface area contributed by atoms with Crippen molar-refractivity contribution in [2.24, 2.45) is 16.5 Å². The van der Waals surface area contributed by atoms with Crippen molar-refractivity contribution in [3.8, 4) is 0 Å². The van der Waals surface area contributed by atoms with Crippen molar-refractivity contribution in [3.05, 3.63) is 113 Å². The maximum Gasteiger partial charge on any atom is 0.243 e. The highest BCUT2D eigenvalue weighted by molar-refractivity contribution is 7.89. The third-order valence-electron chi connectivity index (χ3n) is 6.97. The number of rotatable bonds is 17. The molecular weight excluding hydrogens is 641 g/mol. The molecule has 0 unspecified atom stereocenters. The zero-order chi connectivity index (χ0) is 33.6. The van der Waals surface area contributed by atoms with E-state index in [4.69, 9.17) is 11.5 Å². The first-order valence-electron chi connectivity index (χ1n) is 14.7. The smallest absolute Gasteiger partial charge is 0.243 e. The molecule has 7 N–H and O–H groups in total. The van der Waals surface area contributed by atoms with Gasteiger partial charge in [0, 0.05) is 36.9 Å². The molecule has 3 atom stereocenters. The maximum atomic E-state index is 13.9. The number of carbonyl (C=O) groups excluding carboxylic acids is 3. The van der Waals surface area contributed by atoms with Crippen molar-refractivity contribution in [2.45, 2.75) is 48.7 Å². The average molecular weight is 677 g/mol. The number of nitrogens with zero attached hydrogens (tertiary/aromatic N) is 3. The van der Waals surface area contributed by atoms with Crippen LogP contribution in [0.25, 0.3) is 0 Å². The molecule has 246 valence electrons. The molecule has 15 heteroatoms. The van der Waals surface area contributed by atoms with Crippen molar-refractivity contribution in [3.63, 3.8) is 0 Å². The number of ketones is 1. The van der Waals surface area contributed by atoms with E-state index in [1.54, 1.807) is 72.4 Å². The van der Waals surface area contributed by atoms with Gasteiger partial charge in [-0.05, 0) is 48.6 Å². The average Bonchev–Trinajstić information content (AvgIpc) is 3.62. The second-order valence-corrected chi connectivity index (χ2v) is 13.1. The monoisotopic (exact) mass is 676 g/mol. The van der Waals surface area contributed by atoms with Gasteiger partial charge in [-0.1, -0.05) is 54.6 Å². The van der Waals surface area contributed by atoms with E-state index >= 15 is 0 Å². The molecule has 0 bridgehead atoms. The van der Waals surface area contributed by atoms with Crippen LogP contribution in [0.3, 0.4) is 0 Å². The van der Waals surface area contributed by atoms with Gasteiger partial charge in [0.25, 0.3) is 0 Å². The van der Waals surface area contributed by atoms with E-state index < -0.39 is 45.7 Å². The predicted octanol–water partition coefficient (Wildman–Crippen LogP) is 1.58. The molecule has 13 nitrogen and oxygen atoms in total. The van der Waals surface area contributed by atoms with E-state index in [1.165, 1.54) is 18.3 Å². The third kappa shape index (κ3) is 10.8. The van der Waals surface area contributed by atoms with Crippen molar-refractivity contribution in [1.82, 2.24) is 25.3 Å². The Morgan fingerprint density at radius 3 is 2.09 bits per heavy atom. The lowest BCUT2D eigenvalue weighted by Gasteiger charge is -2.25. The van der Waals surface area contributed by atoms with E-state index in [9.17, 15) is 22.8 Å². The van der Waals surface area contributed by atoms with Gasteiger partial charge in [0.1, 0.15) is 12.1 Å². The minimum Gasteiger partial charge on any atom is -0.370 e. The van der Waals surface area contributed by atoms with Crippen LogP contribution < -0.4 is 26.8 Å². The number of nitrogens with two attached hydrogens (primary N) is 2. The summed E-state index contributed by atoms with van der Waals surface area (Å²) in [6.45, 7) is 0.235. The van der Waals surface area contributed by atoms with E-state index in [0.29, 0.717) is 17.5 Å². The summed E-state index contributed by atoms with van der Waals surface area (Å²) >= 11 is 1.14. The van der Waals surface area contributed by atoms with Crippen LogP contribution in [-0.2, 0) is 32.5 Å². The lowest BCUT2D eigenvalue weighted by atomic mass is 10.0. The summed E-state index contributed by atoms with van der Waals surface area (Å²) in [6, 6.07) is 16.6. The summed E-state index contributed by atoms with van der Waals surface area (Å²) in [4.78, 5) is 53.3. The number of hydrogen-bond donors (Lipinski definition) is 5. The van der Waals surface area contributed by atoms with Crippen LogP contribution in [-0.4, -0.2) is 66.6 Å². The Kier molecular flexibility index (Phi) is 12.7. The highest BCUT2D eigenvalue weighted by Gasteiger charge is 2.32. The fourth-order valence-corrected chi connectivity index (χ4v) is 6.51. The zero-order valence-electron chi connectivity index (χ0n) is 25.4. The molecule has 0 radical (unpaired) electrons. The molecule has 47 heavy (non-hydrogen) atoms. The molecule has 0 saturated heterocycles. The van der Waals surface area contributed by atoms with Crippen LogP contribution >= 0.6 is 11.3 Å². The molecule has 2 amide bonds. The number of sulfonamides is 1. The normalized spacial score (nSPS) is 13.1. The number of carbonyl (C=O) groups is 3. The number of Topliss-reactive ketones (excluding diaryl/α,β-unsaturated/α-hetero) is 1. The van der Waals surface area contributed by atoms with Gasteiger partial charge < -0.3 is 22.1 Å². The van der Waals surface area contributed by atoms with Gasteiger partial charge in [0.2, 0.25) is 27.6 Å². The maximum absolute atomic E-state index is 13.9. The van der Waals surface area contributed by atoms with Crippen LogP contribution in [0.5, 0.6) is 0 Å². The van der Waals surface area contributed by atoms with Crippen LogP contribution in [0.15, 0.2) is 107 Å². The molecule has 2 aromatic heterocycles. The fourth-order valence-electron chi connectivity index (χ4n) is 4.67. The highest BCUT2D eigenvalue weighted by atomic mass is 32.2. The molecule has 2 aromatic carbocycles. The van der Waals surface area contributed by atoms with Gasteiger partial charge in [-0.2, -0.15) is 4.72 Å². The molecule has 0 spiro atoms. The van der Waals surface area contributed by atoms with Gasteiger partial charge in [-0.25, -0.2) is 13.4 Å². The summed E-state index contributed by atoms with van der Waals surface area (Å²) in [5.74, 6) is -1.87. The number of hydrogen-bond acceptors (Lipinski definition) is 9. The number of thiazole rings is 1. The standard InChI is InChI=1S/C32H36N8O5S2/c33-32(34)37-16-8-14-25(28(41)31-36-17-18-46-31)38-29(42)26(20-23-11-7-15-35-21-23)39-30(43)27(19-22-9-3-1-4-10-22)40-47(44,45)24-12-5-2-6-13-24/h1-7,9-13,15,17-18,21,25-27,40H,8,14,16,19-20H2,(H,38,42)(H,39,43)(H4,33,34,37)/t25-,26-,27-/m0/s1. The van der Waals surface area contributed by atoms with Gasteiger partial charge in [-0.3, -0.25) is 24.4 Å². The van der Waals surface area contributed by atoms with Gasteiger partial charge in [0.05, 0.1) is 10.9 Å². The van der Waals surface area contributed by atoms with Gasteiger partial charge >= 0.3 is 0 Å². The van der Waals surface area contributed by atoms with Crippen molar-refractivity contribution in [1.29, 1.82) is 0 Å². The quantitative estimate of drug-likeness (QED) is 0.0475. The number of aliphatic imine (C=N–C) groups is 1. The molecule has 0 aliphatic heterocycles. The van der Waals surface area contributed by atoms with Crippen LogP contribution in [0.4, 0.5) is 0 Å². The summed E-state index contributed by atoms with van der Waals surface area (Å²) in [7, 11) is -4.11. The predicted molar refractivity (Wildman–Crippen MR) is 179 cm³/mol. The number of guanidine groups is 1. The number of nitrogens with one attached hydrogen (secondary N) is 3. The third-order valence-corrected chi connectivity index (χ3v) is 9.24. The van der Waals surface area contributed by atoms with Crippen molar-refractivity contribution >= 4 is 44.9 Å². The van der Waals surface area contributed by atoms with Crippen molar-refractivity contribution in [2.75, 3.05) is 6.54 Å². The van der Waals surface area contributed by atoms with Crippen LogP contribution in [0.1, 0.15) is 33.8 Å². The Bertz CT molecular complexity index is 1740. The molecule has 2 heterocycles. The number of aromatic nitrogens is 2. The molecular formula is C32H36N8O5S2. The zero-order valence-corrected chi connectivity index (χ0v) is 27.0. The first-order chi connectivity index (χ1) is 22.6. The SMILES string of the molecule is NC(N)=NCCC[C@H](NC(=O)[C@H](Cc1cccnc1)NC(=O)[C@H](Cc1ccccc1)NS(=O)(=O)c1ccccc1)C(=O)c1nccs1. The molecule has 0 aliphatic carbocycles. The number of benzene rings is 2. The Balaban J connectivity index is 1.60. The Morgan fingerprint density at radius 1 is 0.809 bits per heavy atom. The topological polar surface area (TPSA) is 212 Å². The van der Waals surface area contributed by atoms with Crippen LogP contribution in [0, 0.1) is 0 Å². The van der Waals surface area contributed by atoms with Crippen molar-refractivity contribution < 1.29 is 22.8 Å². The minimum atomic E-state index is -4.11. The number of pyridine rings is 1. The molecule has 4 aromatic rings. The van der Waals surface area contributed by atoms with E-state index in [0.717, 1.165) is 11.3 Å². The molecule has 0 saturated carbocycles. The van der Waals surface area contributed by atoms with E-state index in [-0.39, 0.29) is 41.7 Å². The van der Waals surface area contributed by atoms with Gasteiger partial charge in [-0.15, -0.1) is 11.3 Å². The summed E-state index contributed by atoms with van der Waals surface area (Å²) in [5, 5.41) is 7.38. The molecule has 0 fully saturated rings. The summed E-state index contributed by atoms with van der Waals surface area (Å²) in [5.41, 5.74) is 12.2. The second-order valence-electron chi connectivity index (χ2n) is 10.5. The number of amides is 2. The van der Waals surface area contributed by atoms with E-state index in [2.05, 4.69) is 30.3 Å². The lowest BCUT2D eigenvalue weighted by Crippen LogP contribution is -2.56. The first-order valence-corrected chi connectivity index (χ1v) is 17.1. The van der Waals surface area contributed by atoms with Gasteiger partial charge in [0.15, 0.2) is 11.0 Å². The Morgan fingerprint density at radius 2 is 1.45 bits per heavy atom. The first kappa shape index (κ1) is 34.9. The van der Waals surface area contributed by atoms with E-state index in [1.807, 2.05) is 6.07 Å². The molecule has 0 aliphatic rings. The minimum absolute atomic E-state index is 0.00984. The largest absolute Gasteiger partial charge is 0.370 e. The molecule has 4 rings (SSSR count).